The van der Waals surface area contributed by atoms with Crippen molar-refractivity contribution in [3.63, 3.8) is 0 Å². The second-order valence-electron chi connectivity index (χ2n) is 8.24. The van der Waals surface area contributed by atoms with Crippen LogP contribution >= 0.6 is 0 Å². The molecule has 162 valence electrons. The lowest BCUT2D eigenvalue weighted by Gasteiger charge is -2.26. The summed E-state index contributed by atoms with van der Waals surface area (Å²) in [7, 11) is 0. The number of nitrogens with zero attached hydrogens (tertiary/aromatic N) is 4. The number of rotatable bonds is 9. The fraction of sp³-hybridized carbons (Fsp3) is 0.435. The second-order valence-corrected chi connectivity index (χ2v) is 8.24. The second kappa shape index (κ2) is 9.45. The summed E-state index contributed by atoms with van der Waals surface area (Å²) in [5.41, 5.74) is 4.62. The number of imidazole rings is 1. The summed E-state index contributed by atoms with van der Waals surface area (Å²) in [6, 6.07) is 8.49. The van der Waals surface area contributed by atoms with E-state index >= 15 is 0 Å². The van der Waals surface area contributed by atoms with E-state index in [0.717, 1.165) is 63.0 Å². The Hall–Kier alpha value is -2.97. The van der Waals surface area contributed by atoms with Crippen molar-refractivity contribution >= 4 is 17.5 Å². The molecule has 3 aromatic rings. The third-order valence-corrected chi connectivity index (χ3v) is 5.77. The molecule has 2 aromatic heterocycles. The summed E-state index contributed by atoms with van der Waals surface area (Å²) in [6.45, 7) is 5.33. The van der Waals surface area contributed by atoms with E-state index in [0.29, 0.717) is 11.9 Å². The Morgan fingerprint density at radius 1 is 1.16 bits per heavy atom. The predicted molar refractivity (Wildman–Crippen MR) is 121 cm³/mol. The van der Waals surface area contributed by atoms with Gasteiger partial charge in [-0.2, -0.15) is 4.98 Å². The maximum absolute atomic E-state index is 5.45. The zero-order valence-corrected chi connectivity index (χ0v) is 17.7. The van der Waals surface area contributed by atoms with Crippen LogP contribution in [0, 0.1) is 0 Å². The smallest absolute Gasteiger partial charge is 0.229 e. The van der Waals surface area contributed by atoms with E-state index in [-0.39, 0.29) is 0 Å². The number of aromatic amines is 1. The monoisotopic (exact) mass is 419 g/mol. The first kappa shape index (κ1) is 20.0. The van der Waals surface area contributed by atoms with Crippen molar-refractivity contribution in [1.29, 1.82) is 0 Å². The normalized spacial score (nSPS) is 16.9. The average Bonchev–Trinajstić information content (AvgIpc) is 3.50. The molecule has 0 spiro atoms. The summed E-state index contributed by atoms with van der Waals surface area (Å²) in [4.78, 5) is 19.0. The van der Waals surface area contributed by atoms with Gasteiger partial charge in [0.05, 0.1) is 19.5 Å². The van der Waals surface area contributed by atoms with Crippen molar-refractivity contribution in [2.24, 2.45) is 0 Å². The first-order valence-corrected chi connectivity index (χ1v) is 11.1. The van der Waals surface area contributed by atoms with Crippen molar-refractivity contribution in [2.75, 3.05) is 43.5 Å². The molecule has 0 bridgehead atoms. The summed E-state index contributed by atoms with van der Waals surface area (Å²) >= 11 is 0. The Kier molecular flexibility index (Phi) is 6.08. The van der Waals surface area contributed by atoms with Crippen molar-refractivity contribution in [3.8, 4) is 0 Å². The van der Waals surface area contributed by atoms with E-state index in [4.69, 9.17) is 9.72 Å². The van der Waals surface area contributed by atoms with Crippen LogP contribution in [-0.4, -0.2) is 57.7 Å². The minimum Gasteiger partial charge on any atom is -0.379 e. The summed E-state index contributed by atoms with van der Waals surface area (Å²) < 4.78 is 5.45. The Morgan fingerprint density at radius 2 is 2.06 bits per heavy atom. The zero-order valence-electron chi connectivity index (χ0n) is 17.7. The quantitative estimate of drug-likeness (QED) is 0.490. The van der Waals surface area contributed by atoms with E-state index in [1.54, 1.807) is 6.33 Å². The summed E-state index contributed by atoms with van der Waals surface area (Å²) in [6.07, 6.45) is 8.86. The minimum atomic E-state index is 0.584. The first-order chi connectivity index (χ1) is 15.3. The number of morpholine rings is 1. The predicted octanol–water partition coefficient (Wildman–Crippen LogP) is 3.31. The molecule has 5 rings (SSSR count). The van der Waals surface area contributed by atoms with Crippen molar-refractivity contribution in [1.82, 2.24) is 24.8 Å². The highest BCUT2D eigenvalue weighted by atomic mass is 16.5. The Balaban J connectivity index is 1.26. The molecule has 1 aliphatic heterocycles. The molecule has 31 heavy (non-hydrogen) atoms. The first-order valence-electron chi connectivity index (χ1n) is 11.1. The van der Waals surface area contributed by atoms with E-state index in [1.807, 2.05) is 12.4 Å². The lowest BCUT2D eigenvalue weighted by molar-refractivity contribution is 0.0342. The van der Waals surface area contributed by atoms with E-state index in [9.17, 15) is 0 Å². The van der Waals surface area contributed by atoms with E-state index in [1.165, 1.54) is 24.0 Å². The lowest BCUT2D eigenvalue weighted by Crippen LogP contribution is -2.35. The topological polar surface area (TPSA) is 91.0 Å². The number of hydrogen-bond acceptors (Lipinski definition) is 7. The van der Waals surface area contributed by atoms with Crippen molar-refractivity contribution < 1.29 is 4.74 Å². The molecular weight excluding hydrogens is 390 g/mol. The largest absolute Gasteiger partial charge is 0.379 e. The number of benzene rings is 1. The van der Waals surface area contributed by atoms with Crippen LogP contribution in [-0.2, 0) is 17.7 Å². The fourth-order valence-electron chi connectivity index (χ4n) is 3.92. The van der Waals surface area contributed by atoms with Gasteiger partial charge in [-0.25, -0.2) is 9.97 Å². The minimum absolute atomic E-state index is 0.584. The van der Waals surface area contributed by atoms with Crippen LogP contribution in [0.3, 0.4) is 0 Å². The third kappa shape index (κ3) is 5.39. The number of ether oxygens (including phenoxy) is 1. The van der Waals surface area contributed by atoms with Gasteiger partial charge < -0.3 is 20.4 Å². The maximum atomic E-state index is 5.45. The molecule has 2 fully saturated rings. The molecule has 1 aromatic carbocycles. The van der Waals surface area contributed by atoms with Crippen LogP contribution in [0.5, 0.6) is 0 Å². The highest BCUT2D eigenvalue weighted by molar-refractivity contribution is 5.58. The molecule has 1 saturated heterocycles. The third-order valence-electron chi connectivity index (χ3n) is 5.77. The average molecular weight is 420 g/mol. The van der Waals surface area contributed by atoms with Crippen LogP contribution in [0.15, 0.2) is 43.0 Å². The van der Waals surface area contributed by atoms with Crippen LogP contribution < -0.4 is 10.6 Å². The van der Waals surface area contributed by atoms with Crippen LogP contribution in [0.4, 0.5) is 17.5 Å². The molecule has 8 nitrogen and oxygen atoms in total. The van der Waals surface area contributed by atoms with Gasteiger partial charge in [-0.05, 0) is 36.5 Å². The number of nitrogens with one attached hydrogen (secondary N) is 3. The molecule has 3 heterocycles. The van der Waals surface area contributed by atoms with Crippen molar-refractivity contribution in [2.45, 2.75) is 31.7 Å². The molecule has 0 amide bonds. The molecule has 1 saturated carbocycles. The fourth-order valence-corrected chi connectivity index (χ4v) is 3.92. The van der Waals surface area contributed by atoms with Gasteiger partial charge in [-0.3, -0.25) is 4.90 Å². The van der Waals surface area contributed by atoms with E-state index in [2.05, 4.69) is 54.8 Å². The molecule has 0 radical (unpaired) electrons. The number of anilines is 3. The Morgan fingerprint density at radius 3 is 2.87 bits per heavy atom. The zero-order chi connectivity index (χ0) is 20.9. The van der Waals surface area contributed by atoms with E-state index < -0.39 is 0 Å². The Labute approximate surface area is 182 Å². The summed E-state index contributed by atoms with van der Waals surface area (Å²) in [5, 5.41) is 6.90. The van der Waals surface area contributed by atoms with Gasteiger partial charge >= 0.3 is 0 Å². The van der Waals surface area contributed by atoms with Crippen molar-refractivity contribution in [3.05, 3.63) is 59.8 Å². The van der Waals surface area contributed by atoms with Gasteiger partial charge in [0.25, 0.3) is 0 Å². The molecule has 3 N–H and O–H groups in total. The highest BCUT2D eigenvalue weighted by Crippen LogP contribution is 2.42. The van der Waals surface area contributed by atoms with Gasteiger partial charge in [0, 0.05) is 61.9 Å². The van der Waals surface area contributed by atoms with Crippen LogP contribution in [0.25, 0.3) is 0 Å². The van der Waals surface area contributed by atoms with Gasteiger partial charge in [-0.15, -0.1) is 0 Å². The van der Waals surface area contributed by atoms with Gasteiger partial charge in [-0.1, -0.05) is 12.1 Å². The number of H-pyrrole nitrogens is 1. The molecule has 8 heteroatoms. The summed E-state index contributed by atoms with van der Waals surface area (Å²) in [5.74, 6) is 2.14. The number of aromatic nitrogens is 4. The van der Waals surface area contributed by atoms with Gasteiger partial charge in [0.1, 0.15) is 5.82 Å². The molecule has 0 atom stereocenters. The van der Waals surface area contributed by atoms with Crippen LogP contribution in [0.1, 0.15) is 35.6 Å². The molecule has 0 unspecified atom stereocenters. The Bertz CT molecular complexity index is 981. The highest BCUT2D eigenvalue weighted by Gasteiger charge is 2.27. The van der Waals surface area contributed by atoms with Gasteiger partial charge in [0.15, 0.2) is 0 Å². The maximum Gasteiger partial charge on any atom is 0.229 e. The molecule has 1 aliphatic carbocycles. The standard InChI is InChI=1S/C23H29N7O/c1-2-17(15-30-8-10-31-11-9-30)12-19(3-1)28-23-26-14-21(18-4-5-18)22(29-23)25-7-6-20-13-24-16-27-20/h1-3,12-14,16,18H,4-11,15H2,(H,24,27)(H2,25,26,28,29). The molecule has 2 aliphatic rings. The molecular formula is C23H29N7O. The lowest BCUT2D eigenvalue weighted by atomic mass is 10.2. The SMILES string of the molecule is c1cc(CN2CCOCC2)cc(Nc2ncc(C3CC3)c(NCCc3cnc[nH]3)n2)c1. The number of hydrogen-bond donors (Lipinski definition) is 3. The van der Waals surface area contributed by atoms with Gasteiger partial charge in [0.2, 0.25) is 5.95 Å². The van der Waals surface area contributed by atoms with Crippen LogP contribution in [0.2, 0.25) is 0 Å².